The molecule has 1 aromatic carbocycles. The first-order valence-corrected chi connectivity index (χ1v) is 9.37. The zero-order valence-corrected chi connectivity index (χ0v) is 19.5. The monoisotopic (exact) mass is 501 g/mol. The average molecular weight is 501 g/mol. The predicted octanol–water partition coefficient (Wildman–Crippen LogP) is 3.32. The number of aromatic nitrogens is 2. The summed E-state index contributed by atoms with van der Waals surface area (Å²) in [6.45, 7) is 9.60. The Morgan fingerprint density at radius 3 is 2.54 bits per heavy atom. The van der Waals surface area contributed by atoms with Gasteiger partial charge in [0.1, 0.15) is 5.75 Å². The first-order valence-electron chi connectivity index (χ1n) is 9.37. The summed E-state index contributed by atoms with van der Waals surface area (Å²) in [7, 11) is 1.67. The van der Waals surface area contributed by atoms with Crippen molar-refractivity contribution in [3.05, 3.63) is 46.8 Å². The lowest BCUT2D eigenvalue weighted by Crippen LogP contribution is -2.38. The number of guanidine groups is 1. The number of ether oxygens (including phenoxy) is 2. The maximum Gasteiger partial charge on any atom is 0.191 e. The van der Waals surface area contributed by atoms with Gasteiger partial charge in [0, 0.05) is 37.6 Å². The molecule has 0 atom stereocenters. The van der Waals surface area contributed by atoms with E-state index in [9.17, 15) is 0 Å². The molecule has 0 unspecified atom stereocenters. The highest BCUT2D eigenvalue weighted by molar-refractivity contribution is 14.0. The number of rotatable bonds is 10. The highest BCUT2D eigenvalue weighted by Crippen LogP contribution is 2.12. The lowest BCUT2D eigenvalue weighted by atomic mass is 10.2. The molecule has 2 aromatic rings. The van der Waals surface area contributed by atoms with E-state index in [2.05, 4.69) is 20.8 Å². The van der Waals surface area contributed by atoms with Crippen LogP contribution in [0.3, 0.4) is 0 Å². The summed E-state index contributed by atoms with van der Waals surface area (Å²) in [5.74, 6) is 1.63. The summed E-state index contributed by atoms with van der Waals surface area (Å²) >= 11 is 0. The van der Waals surface area contributed by atoms with Crippen LogP contribution in [-0.4, -0.2) is 43.0 Å². The average Bonchev–Trinajstić information content (AvgIpc) is 3.01. The number of methoxy groups -OCH3 is 1. The fraction of sp³-hybridized carbons (Fsp3) is 0.500. The van der Waals surface area contributed by atoms with Gasteiger partial charge in [-0.1, -0.05) is 12.1 Å². The SMILES string of the molecule is CCOCCCNC(=NCc1ccc(OC)cc1)NCc1c(C)n[nH]c1C.I. The topological polar surface area (TPSA) is 83.6 Å². The van der Waals surface area contributed by atoms with E-state index in [1.165, 1.54) is 5.56 Å². The third-order valence-corrected chi connectivity index (χ3v) is 4.25. The molecule has 28 heavy (non-hydrogen) atoms. The first kappa shape index (κ1) is 24.2. The summed E-state index contributed by atoms with van der Waals surface area (Å²) in [4.78, 5) is 4.71. The molecule has 0 fully saturated rings. The summed E-state index contributed by atoms with van der Waals surface area (Å²) in [6.07, 6.45) is 0.931. The second-order valence-electron chi connectivity index (χ2n) is 6.26. The fourth-order valence-corrected chi connectivity index (χ4v) is 2.61. The van der Waals surface area contributed by atoms with Crippen molar-refractivity contribution in [2.75, 3.05) is 26.9 Å². The Kier molecular flexibility index (Phi) is 11.6. The van der Waals surface area contributed by atoms with Gasteiger partial charge in [-0.05, 0) is 44.9 Å². The van der Waals surface area contributed by atoms with E-state index in [0.717, 1.165) is 54.8 Å². The van der Waals surface area contributed by atoms with Gasteiger partial charge in [0.15, 0.2) is 5.96 Å². The number of benzene rings is 1. The maximum absolute atomic E-state index is 5.39. The highest BCUT2D eigenvalue weighted by atomic mass is 127. The van der Waals surface area contributed by atoms with E-state index in [4.69, 9.17) is 14.5 Å². The molecule has 7 nitrogen and oxygen atoms in total. The number of nitrogens with zero attached hydrogens (tertiary/aromatic N) is 2. The van der Waals surface area contributed by atoms with Crippen LogP contribution in [0.1, 0.15) is 35.9 Å². The molecule has 1 aromatic heterocycles. The largest absolute Gasteiger partial charge is 0.497 e. The minimum atomic E-state index is 0. The molecule has 156 valence electrons. The summed E-state index contributed by atoms with van der Waals surface area (Å²) < 4.78 is 10.6. The molecule has 0 bridgehead atoms. The van der Waals surface area contributed by atoms with E-state index in [-0.39, 0.29) is 24.0 Å². The van der Waals surface area contributed by atoms with Crippen molar-refractivity contribution in [2.45, 2.75) is 40.3 Å². The quantitative estimate of drug-likeness (QED) is 0.201. The zero-order valence-electron chi connectivity index (χ0n) is 17.2. The van der Waals surface area contributed by atoms with Crippen LogP contribution in [0, 0.1) is 13.8 Å². The number of aryl methyl sites for hydroxylation is 2. The zero-order chi connectivity index (χ0) is 19.5. The molecule has 3 N–H and O–H groups in total. The van der Waals surface area contributed by atoms with Crippen LogP contribution >= 0.6 is 24.0 Å². The minimum absolute atomic E-state index is 0. The molecular formula is C20H32IN5O2. The van der Waals surface area contributed by atoms with E-state index in [1.807, 2.05) is 45.0 Å². The van der Waals surface area contributed by atoms with Crippen molar-refractivity contribution in [1.82, 2.24) is 20.8 Å². The molecule has 1 heterocycles. The fourth-order valence-electron chi connectivity index (χ4n) is 2.61. The van der Waals surface area contributed by atoms with Gasteiger partial charge in [0.2, 0.25) is 0 Å². The van der Waals surface area contributed by atoms with Crippen LogP contribution in [0.15, 0.2) is 29.3 Å². The van der Waals surface area contributed by atoms with Gasteiger partial charge in [0.25, 0.3) is 0 Å². The maximum atomic E-state index is 5.39. The van der Waals surface area contributed by atoms with Gasteiger partial charge in [-0.25, -0.2) is 4.99 Å². The molecule has 0 radical (unpaired) electrons. The van der Waals surface area contributed by atoms with Crippen molar-refractivity contribution in [1.29, 1.82) is 0 Å². The lowest BCUT2D eigenvalue weighted by Gasteiger charge is -2.13. The van der Waals surface area contributed by atoms with Gasteiger partial charge in [-0.3, -0.25) is 5.10 Å². The minimum Gasteiger partial charge on any atom is -0.497 e. The second-order valence-corrected chi connectivity index (χ2v) is 6.26. The van der Waals surface area contributed by atoms with Crippen molar-refractivity contribution in [3.63, 3.8) is 0 Å². The molecule has 0 spiro atoms. The molecule has 0 saturated heterocycles. The summed E-state index contributed by atoms with van der Waals surface area (Å²) in [6, 6.07) is 7.95. The van der Waals surface area contributed by atoms with Crippen LogP contribution in [0.25, 0.3) is 0 Å². The third kappa shape index (κ3) is 8.05. The smallest absolute Gasteiger partial charge is 0.191 e. The Hall–Kier alpha value is -1.81. The lowest BCUT2D eigenvalue weighted by molar-refractivity contribution is 0.145. The van der Waals surface area contributed by atoms with Crippen molar-refractivity contribution in [2.24, 2.45) is 4.99 Å². The molecule has 0 saturated carbocycles. The molecular weight excluding hydrogens is 469 g/mol. The van der Waals surface area contributed by atoms with Crippen LogP contribution in [0.5, 0.6) is 5.75 Å². The molecule has 8 heteroatoms. The van der Waals surface area contributed by atoms with Gasteiger partial charge < -0.3 is 20.1 Å². The van der Waals surface area contributed by atoms with E-state index < -0.39 is 0 Å². The Labute approximate surface area is 184 Å². The Bertz CT molecular complexity index is 696. The van der Waals surface area contributed by atoms with Gasteiger partial charge in [-0.2, -0.15) is 5.10 Å². The normalized spacial score (nSPS) is 11.1. The van der Waals surface area contributed by atoms with Crippen molar-refractivity contribution < 1.29 is 9.47 Å². The van der Waals surface area contributed by atoms with Gasteiger partial charge >= 0.3 is 0 Å². The molecule has 0 amide bonds. The number of hydrogen-bond donors (Lipinski definition) is 3. The summed E-state index contributed by atoms with van der Waals surface area (Å²) in [5.41, 5.74) is 4.38. The van der Waals surface area contributed by atoms with Crippen LogP contribution in [0.4, 0.5) is 0 Å². The number of nitrogens with one attached hydrogen (secondary N) is 3. The van der Waals surface area contributed by atoms with Crippen molar-refractivity contribution >= 4 is 29.9 Å². The number of hydrogen-bond acceptors (Lipinski definition) is 4. The standard InChI is InChI=1S/C20H31N5O2.HI/c1-5-27-12-6-11-21-20(23-14-19-15(2)24-25-16(19)3)22-13-17-7-9-18(26-4)10-8-17;/h7-10H,5-6,11-14H2,1-4H3,(H,24,25)(H2,21,22,23);1H. The third-order valence-electron chi connectivity index (χ3n) is 4.25. The van der Waals surface area contributed by atoms with Gasteiger partial charge in [-0.15, -0.1) is 24.0 Å². The first-order chi connectivity index (χ1) is 13.1. The number of halogens is 1. The van der Waals surface area contributed by atoms with E-state index in [0.29, 0.717) is 13.1 Å². The van der Waals surface area contributed by atoms with Crippen LogP contribution < -0.4 is 15.4 Å². The Morgan fingerprint density at radius 1 is 1.18 bits per heavy atom. The van der Waals surface area contributed by atoms with Gasteiger partial charge in [0.05, 0.1) is 19.3 Å². The molecule has 0 aliphatic carbocycles. The molecule has 0 aliphatic rings. The predicted molar refractivity (Wildman–Crippen MR) is 124 cm³/mol. The number of aromatic amines is 1. The molecule has 0 aliphatic heterocycles. The Balaban J connectivity index is 0.00000392. The van der Waals surface area contributed by atoms with Crippen molar-refractivity contribution in [3.8, 4) is 5.75 Å². The van der Waals surface area contributed by atoms with Crippen LogP contribution in [0.2, 0.25) is 0 Å². The van der Waals surface area contributed by atoms with E-state index >= 15 is 0 Å². The summed E-state index contributed by atoms with van der Waals surface area (Å²) in [5, 5.41) is 14.0. The Morgan fingerprint density at radius 2 is 1.93 bits per heavy atom. The molecule has 2 rings (SSSR count). The van der Waals surface area contributed by atoms with E-state index in [1.54, 1.807) is 7.11 Å². The number of H-pyrrole nitrogens is 1. The number of aliphatic imine (C=N–C) groups is 1. The van der Waals surface area contributed by atoms with Crippen LogP contribution in [-0.2, 0) is 17.8 Å². The highest BCUT2D eigenvalue weighted by Gasteiger charge is 2.07. The second kappa shape index (κ2) is 13.4.